The number of rotatable bonds is 5. The van der Waals surface area contributed by atoms with Gasteiger partial charge in [0, 0.05) is 17.7 Å². The molecule has 2 aliphatic heterocycles. The van der Waals surface area contributed by atoms with Gasteiger partial charge in [-0.1, -0.05) is 0 Å². The number of carbonyl (C=O) groups is 1. The lowest BCUT2D eigenvalue weighted by atomic mass is 10.1. The van der Waals surface area contributed by atoms with Gasteiger partial charge in [0.15, 0.2) is 6.54 Å². The van der Waals surface area contributed by atoms with Gasteiger partial charge in [0.1, 0.15) is 44.3 Å². The number of quaternary nitrogens is 2. The molecule has 2 heterocycles. The molecule has 0 atom stereocenters. The molecule has 0 saturated carbocycles. The van der Waals surface area contributed by atoms with Crippen LogP contribution in [0.15, 0.2) is 42.5 Å². The first-order chi connectivity index (χ1) is 13.2. The van der Waals surface area contributed by atoms with Crippen LogP contribution in [0, 0.1) is 5.82 Å². The van der Waals surface area contributed by atoms with Gasteiger partial charge in [0.2, 0.25) is 0 Å². The molecule has 0 unspecified atom stereocenters. The van der Waals surface area contributed by atoms with Crippen LogP contribution in [0.1, 0.15) is 11.1 Å². The molecule has 1 fully saturated rings. The maximum Gasteiger partial charge on any atom is 0.279 e. The van der Waals surface area contributed by atoms with Crippen LogP contribution in [0.4, 0.5) is 10.1 Å². The number of nitrogens with one attached hydrogen (secondary N) is 3. The fraction of sp³-hybridized carbons (Fsp3) is 0.381. The highest BCUT2D eigenvalue weighted by atomic mass is 19.1. The summed E-state index contributed by atoms with van der Waals surface area (Å²) in [6.07, 6.45) is 1.01. The van der Waals surface area contributed by atoms with Gasteiger partial charge in [-0.15, -0.1) is 0 Å². The number of piperazine rings is 1. The van der Waals surface area contributed by atoms with E-state index in [4.69, 9.17) is 4.74 Å². The first-order valence-corrected chi connectivity index (χ1v) is 9.63. The summed E-state index contributed by atoms with van der Waals surface area (Å²) in [7, 11) is 0. The standard InChI is InChI=1S/C21H24FN3O2/c22-18-2-4-19(5-3-18)23-21(26)15-25-10-8-24(9-11-25)14-16-1-6-20-17(13-16)7-12-27-20/h1-6,13H,7-12,14-15H2,(H,23,26)/p+2. The molecule has 0 aliphatic carbocycles. The number of amides is 1. The number of fused-ring (bicyclic) bond motifs is 1. The number of benzene rings is 2. The summed E-state index contributed by atoms with van der Waals surface area (Å²) in [4.78, 5) is 15.1. The van der Waals surface area contributed by atoms with Crippen LogP contribution in [0.3, 0.4) is 0 Å². The first kappa shape index (κ1) is 17.9. The molecule has 5 nitrogen and oxygen atoms in total. The Kier molecular flexibility index (Phi) is 5.36. The minimum Gasteiger partial charge on any atom is -0.493 e. The minimum atomic E-state index is -0.298. The van der Waals surface area contributed by atoms with Crippen molar-refractivity contribution >= 4 is 11.6 Å². The van der Waals surface area contributed by atoms with Crippen molar-refractivity contribution < 1.29 is 23.7 Å². The average Bonchev–Trinajstić information content (AvgIpc) is 3.13. The number of ether oxygens (including phenoxy) is 1. The highest BCUT2D eigenvalue weighted by Crippen LogP contribution is 2.25. The van der Waals surface area contributed by atoms with Gasteiger partial charge in [0.05, 0.1) is 6.61 Å². The Morgan fingerprint density at radius 2 is 1.78 bits per heavy atom. The first-order valence-electron chi connectivity index (χ1n) is 9.63. The van der Waals surface area contributed by atoms with E-state index >= 15 is 0 Å². The Morgan fingerprint density at radius 1 is 1.04 bits per heavy atom. The topological polar surface area (TPSA) is 47.2 Å². The molecule has 27 heavy (non-hydrogen) atoms. The number of halogens is 1. The van der Waals surface area contributed by atoms with E-state index in [9.17, 15) is 9.18 Å². The predicted molar refractivity (Wildman–Crippen MR) is 101 cm³/mol. The second-order valence-electron chi connectivity index (χ2n) is 7.45. The SMILES string of the molecule is O=C(C[NH+]1CC[NH+](Cc2ccc3c(c2)CCO3)CC1)Nc1ccc(F)cc1. The lowest BCUT2D eigenvalue weighted by molar-refractivity contribution is -1.02. The number of carbonyl (C=O) groups excluding carboxylic acids is 1. The molecular formula is C21H26FN3O2+2. The van der Waals surface area contributed by atoms with Gasteiger partial charge >= 0.3 is 0 Å². The molecule has 4 rings (SSSR count). The quantitative estimate of drug-likeness (QED) is 0.675. The molecular weight excluding hydrogens is 345 g/mol. The van der Waals surface area contributed by atoms with E-state index in [1.54, 1.807) is 17.0 Å². The van der Waals surface area contributed by atoms with E-state index in [-0.39, 0.29) is 11.7 Å². The smallest absolute Gasteiger partial charge is 0.279 e. The summed E-state index contributed by atoms with van der Waals surface area (Å²) in [5, 5.41) is 2.85. The van der Waals surface area contributed by atoms with Crippen molar-refractivity contribution in [1.29, 1.82) is 0 Å². The zero-order chi connectivity index (χ0) is 18.6. The zero-order valence-corrected chi connectivity index (χ0v) is 15.4. The Hall–Kier alpha value is -2.44. The Morgan fingerprint density at radius 3 is 2.56 bits per heavy atom. The molecule has 0 bridgehead atoms. The van der Waals surface area contributed by atoms with Gasteiger partial charge in [-0.25, -0.2) is 4.39 Å². The van der Waals surface area contributed by atoms with Crippen LogP contribution in [-0.4, -0.2) is 45.2 Å². The van der Waals surface area contributed by atoms with Crippen molar-refractivity contribution in [2.24, 2.45) is 0 Å². The van der Waals surface area contributed by atoms with E-state index in [0.29, 0.717) is 12.2 Å². The molecule has 0 radical (unpaired) electrons. The van der Waals surface area contributed by atoms with E-state index in [1.807, 2.05) is 0 Å². The Labute approximate surface area is 158 Å². The van der Waals surface area contributed by atoms with Gasteiger partial charge in [-0.2, -0.15) is 0 Å². The van der Waals surface area contributed by atoms with E-state index in [2.05, 4.69) is 23.5 Å². The zero-order valence-electron chi connectivity index (χ0n) is 15.4. The van der Waals surface area contributed by atoms with Crippen LogP contribution in [0.25, 0.3) is 0 Å². The number of hydrogen-bond acceptors (Lipinski definition) is 2. The normalized spacial score (nSPS) is 21.4. The molecule has 2 aromatic rings. The van der Waals surface area contributed by atoms with Crippen LogP contribution < -0.4 is 19.9 Å². The van der Waals surface area contributed by atoms with Crippen molar-refractivity contribution in [3.05, 3.63) is 59.4 Å². The summed E-state index contributed by atoms with van der Waals surface area (Å²) in [6.45, 7) is 6.39. The molecule has 142 valence electrons. The Balaban J connectivity index is 1.23. The molecule has 2 aliphatic rings. The molecule has 0 spiro atoms. The third kappa shape index (κ3) is 4.64. The molecule has 0 aromatic heterocycles. The van der Waals surface area contributed by atoms with E-state index in [1.165, 1.54) is 28.2 Å². The van der Waals surface area contributed by atoms with Crippen LogP contribution >= 0.6 is 0 Å². The van der Waals surface area contributed by atoms with Crippen molar-refractivity contribution in [3.63, 3.8) is 0 Å². The van der Waals surface area contributed by atoms with Gasteiger partial charge in [-0.3, -0.25) is 4.79 Å². The maximum atomic E-state index is 12.9. The molecule has 3 N–H and O–H groups in total. The fourth-order valence-corrected chi connectivity index (χ4v) is 3.91. The maximum absolute atomic E-state index is 12.9. The Bertz CT molecular complexity index is 802. The average molecular weight is 371 g/mol. The summed E-state index contributed by atoms with van der Waals surface area (Å²) >= 11 is 0. The second-order valence-corrected chi connectivity index (χ2v) is 7.45. The van der Waals surface area contributed by atoms with Gasteiger partial charge < -0.3 is 19.9 Å². The summed E-state index contributed by atoms with van der Waals surface area (Å²) < 4.78 is 18.5. The number of hydrogen-bond donors (Lipinski definition) is 3. The fourth-order valence-electron chi connectivity index (χ4n) is 3.91. The highest BCUT2D eigenvalue weighted by Gasteiger charge is 2.25. The van der Waals surface area contributed by atoms with Crippen LogP contribution in [0.2, 0.25) is 0 Å². The van der Waals surface area contributed by atoms with Gasteiger partial charge in [0.25, 0.3) is 5.91 Å². The van der Waals surface area contributed by atoms with Crippen molar-refractivity contribution in [2.75, 3.05) is 44.6 Å². The van der Waals surface area contributed by atoms with Crippen molar-refractivity contribution in [3.8, 4) is 5.75 Å². The minimum absolute atomic E-state index is 0.0151. The highest BCUT2D eigenvalue weighted by molar-refractivity contribution is 5.91. The number of anilines is 1. The van der Waals surface area contributed by atoms with Gasteiger partial charge in [-0.05, 0) is 48.0 Å². The largest absolute Gasteiger partial charge is 0.493 e. The second kappa shape index (κ2) is 8.06. The molecule has 1 amide bonds. The summed E-state index contributed by atoms with van der Waals surface area (Å²) in [5.41, 5.74) is 3.34. The van der Waals surface area contributed by atoms with E-state index in [0.717, 1.165) is 51.5 Å². The van der Waals surface area contributed by atoms with Crippen molar-refractivity contribution in [1.82, 2.24) is 0 Å². The summed E-state index contributed by atoms with van der Waals surface area (Å²) in [5.74, 6) is 0.725. The van der Waals surface area contributed by atoms with E-state index < -0.39 is 0 Å². The van der Waals surface area contributed by atoms with Crippen LogP contribution in [0.5, 0.6) is 5.75 Å². The summed E-state index contributed by atoms with van der Waals surface area (Å²) in [6, 6.07) is 12.4. The molecule has 1 saturated heterocycles. The monoisotopic (exact) mass is 371 g/mol. The third-order valence-electron chi connectivity index (χ3n) is 5.41. The van der Waals surface area contributed by atoms with Crippen molar-refractivity contribution in [2.45, 2.75) is 13.0 Å². The lowest BCUT2D eigenvalue weighted by Crippen LogP contribution is -3.28. The predicted octanol–water partition coefficient (Wildman–Crippen LogP) is -0.317. The lowest BCUT2D eigenvalue weighted by Gasteiger charge is -2.29. The molecule has 2 aromatic carbocycles. The van der Waals surface area contributed by atoms with Crippen LogP contribution in [-0.2, 0) is 17.8 Å². The third-order valence-corrected chi connectivity index (χ3v) is 5.41. The molecule has 6 heteroatoms.